The van der Waals surface area contributed by atoms with E-state index in [1.807, 2.05) is 19.1 Å². The van der Waals surface area contributed by atoms with Crippen LogP contribution in [0.5, 0.6) is 0 Å². The van der Waals surface area contributed by atoms with E-state index < -0.39 is 0 Å². The Kier molecular flexibility index (Phi) is 5.65. The van der Waals surface area contributed by atoms with Gasteiger partial charge in [0.05, 0.1) is 6.54 Å². The number of hydrogen-bond acceptors (Lipinski definition) is 2. The van der Waals surface area contributed by atoms with Gasteiger partial charge in [-0.3, -0.25) is 4.79 Å². The second kappa shape index (κ2) is 7.28. The van der Waals surface area contributed by atoms with Gasteiger partial charge >= 0.3 is 0 Å². The molecular formula is C17H25ClN2O. The predicted molar refractivity (Wildman–Crippen MR) is 88.8 cm³/mol. The van der Waals surface area contributed by atoms with Crippen LogP contribution in [-0.4, -0.2) is 18.5 Å². The Morgan fingerprint density at radius 1 is 1.33 bits per heavy atom. The number of anilines is 1. The molecule has 4 heteroatoms. The third-order valence-corrected chi connectivity index (χ3v) is 4.67. The van der Waals surface area contributed by atoms with Crippen molar-refractivity contribution >= 4 is 23.2 Å². The lowest BCUT2D eigenvalue weighted by molar-refractivity contribution is -0.115. The number of carbonyl (C=O) groups is 1. The van der Waals surface area contributed by atoms with Gasteiger partial charge < -0.3 is 10.6 Å². The smallest absolute Gasteiger partial charge is 0.238 e. The molecule has 0 bridgehead atoms. The van der Waals surface area contributed by atoms with Crippen molar-refractivity contribution in [2.24, 2.45) is 11.8 Å². The van der Waals surface area contributed by atoms with Crippen molar-refractivity contribution in [3.8, 4) is 0 Å². The van der Waals surface area contributed by atoms with E-state index in [2.05, 4.69) is 24.5 Å². The molecule has 1 amide bonds. The van der Waals surface area contributed by atoms with E-state index in [4.69, 9.17) is 11.6 Å². The molecule has 1 saturated carbocycles. The van der Waals surface area contributed by atoms with Crippen LogP contribution in [0.2, 0.25) is 5.02 Å². The average Bonchev–Trinajstić information content (AvgIpc) is 2.42. The summed E-state index contributed by atoms with van der Waals surface area (Å²) in [5.41, 5.74) is 1.81. The van der Waals surface area contributed by atoms with Gasteiger partial charge in [-0.25, -0.2) is 0 Å². The minimum atomic E-state index is -0.00816. The fourth-order valence-corrected chi connectivity index (χ4v) is 3.29. The van der Waals surface area contributed by atoms with Crippen LogP contribution < -0.4 is 10.6 Å². The number of halogens is 1. The number of rotatable bonds is 4. The number of aryl methyl sites for hydroxylation is 1. The Morgan fingerprint density at radius 3 is 2.81 bits per heavy atom. The van der Waals surface area contributed by atoms with E-state index in [0.717, 1.165) is 23.6 Å². The van der Waals surface area contributed by atoms with Crippen LogP contribution in [-0.2, 0) is 4.79 Å². The highest BCUT2D eigenvalue weighted by Crippen LogP contribution is 2.28. The first kappa shape index (κ1) is 16.3. The van der Waals surface area contributed by atoms with Crippen LogP contribution in [0.4, 0.5) is 5.69 Å². The van der Waals surface area contributed by atoms with E-state index >= 15 is 0 Å². The third-order valence-electron chi connectivity index (χ3n) is 4.43. The Labute approximate surface area is 132 Å². The van der Waals surface area contributed by atoms with Crippen LogP contribution in [0.25, 0.3) is 0 Å². The fraction of sp³-hybridized carbons (Fsp3) is 0.588. The maximum atomic E-state index is 12.1. The van der Waals surface area contributed by atoms with Crippen LogP contribution in [0, 0.1) is 18.8 Å². The zero-order valence-electron chi connectivity index (χ0n) is 13.1. The Balaban J connectivity index is 1.83. The molecule has 0 saturated heterocycles. The lowest BCUT2D eigenvalue weighted by atomic mass is 9.80. The second-order valence-corrected chi connectivity index (χ2v) is 6.83. The third kappa shape index (κ3) is 4.72. The molecule has 2 rings (SSSR count). The van der Waals surface area contributed by atoms with Gasteiger partial charge in [0.1, 0.15) is 0 Å². The number of carbonyl (C=O) groups excluding carboxylic acids is 1. The molecule has 0 spiro atoms. The van der Waals surface area contributed by atoms with E-state index in [0.29, 0.717) is 23.5 Å². The maximum Gasteiger partial charge on any atom is 0.238 e. The molecule has 2 N–H and O–H groups in total. The van der Waals surface area contributed by atoms with E-state index in [1.165, 1.54) is 12.8 Å². The summed E-state index contributed by atoms with van der Waals surface area (Å²) in [7, 11) is 0. The zero-order chi connectivity index (χ0) is 15.4. The van der Waals surface area contributed by atoms with E-state index in [-0.39, 0.29) is 5.91 Å². The molecule has 1 aromatic rings. The minimum absolute atomic E-state index is 0.00816. The van der Waals surface area contributed by atoms with Gasteiger partial charge in [0.25, 0.3) is 0 Å². The first-order chi connectivity index (χ1) is 9.95. The summed E-state index contributed by atoms with van der Waals surface area (Å²) in [6, 6.07) is 5.98. The SMILES string of the molecule is Cc1ccc(Cl)cc1NC(=O)CNC1CCC(C)CC1C. The van der Waals surface area contributed by atoms with Crippen LogP contribution >= 0.6 is 11.6 Å². The fourth-order valence-electron chi connectivity index (χ4n) is 3.12. The van der Waals surface area contributed by atoms with E-state index in [1.54, 1.807) is 6.07 Å². The van der Waals surface area contributed by atoms with Gasteiger partial charge in [0.2, 0.25) is 5.91 Å². The van der Waals surface area contributed by atoms with Gasteiger partial charge in [-0.05, 0) is 55.7 Å². The highest BCUT2D eigenvalue weighted by molar-refractivity contribution is 6.31. The van der Waals surface area contributed by atoms with Crippen molar-refractivity contribution < 1.29 is 4.79 Å². The first-order valence-corrected chi connectivity index (χ1v) is 8.13. The largest absolute Gasteiger partial charge is 0.325 e. The quantitative estimate of drug-likeness (QED) is 0.882. The summed E-state index contributed by atoms with van der Waals surface area (Å²) < 4.78 is 0. The van der Waals surface area contributed by atoms with Crippen molar-refractivity contribution in [2.45, 2.75) is 46.1 Å². The second-order valence-electron chi connectivity index (χ2n) is 6.39. The topological polar surface area (TPSA) is 41.1 Å². The van der Waals surface area contributed by atoms with Crippen LogP contribution in [0.15, 0.2) is 18.2 Å². The van der Waals surface area contributed by atoms with Crippen molar-refractivity contribution in [3.63, 3.8) is 0 Å². The van der Waals surface area contributed by atoms with Crippen LogP contribution in [0.1, 0.15) is 38.7 Å². The molecule has 1 aliphatic rings. The van der Waals surface area contributed by atoms with Crippen molar-refractivity contribution in [2.75, 3.05) is 11.9 Å². The monoisotopic (exact) mass is 308 g/mol. The molecule has 116 valence electrons. The minimum Gasteiger partial charge on any atom is -0.325 e. The van der Waals surface area contributed by atoms with Crippen molar-refractivity contribution in [3.05, 3.63) is 28.8 Å². The maximum absolute atomic E-state index is 12.1. The lowest BCUT2D eigenvalue weighted by Crippen LogP contribution is -2.42. The molecule has 3 atom stereocenters. The molecule has 3 nitrogen and oxygen atoms in total. The summed E-state index contributed by atoms with van der Waals surface area (Å²) in [6.07, 6.45) is 3.65. The number of nitrogens with one attached hydrogen (secondary N) is 2. The number of benzene rings is 1. The molecule has 0 aliphatic heterocycles. The molecular weight excluding hydrogens is 284 g/mol. The number of amides is 1. The Bertz CT molecular complexity index is 504. The standard InChI is InChI=1S/C17H25ClN2O/c1-11-4-7-15(13(3)8-11)19-10-17(21)20-16-9-14(18)6-5-12(16)2/h5-6,9,11,13,15,19H,4,7-8,10H2,1-3H3,(H,20,21). The van der Waals surface area contributed by atoms with Crippen LogP contribution in [0.3, 0.4) is 0 Å². The Morgan fingerprint density at radius 2 is 2.10 bits per heavy atom. The van der Waals surface area contributed by atoms with Gasteiger partial charge in [0, 0.05) is 16.8 Å². The summed E-state index contributed by atoms with van der Waals surface area (Å²) in [5, 5.41) is 6.97. The Hall–Kier alpha value is -1.06. The molecule has 0 radical (unpaired) electrons. The van der Waals surface area contributed by atoms with E-state index in [9.17, 15) is 4.79 Å². The molecule has 1 aliphatic carbocycles. The molecule has 21 heavy (non-hydrogen) atoms. The number of hydrogen-bond donors (Lipinski definition) is 2. The highest BCUT2D eigenvalue weighted by Gasteiger charge is 2.25. The molecule has 1 fully saturated rings. The summed E-state index contributed by atoms with van der Waals surface area (Å²) in [5.74, 6) is 1.43. The van der Waals surface area contributed by atoms with Gasteiger partial charge in [0.15, 0.2) is 0 Å². The van der Waals surface area contributed by atoms with Gasteiger partial charge in [-0.15, -0.1) is 0 Å². The summed E-state index contributed by atoms with van der Waals surface area (Å²) in [4.78, 5) is 12.1. The normalized spacial score (nSPS) is 25.6. The van der Waals surface area contributed by atoms with Crippen molar-refractivity contribution in [1.82, 2.24) is 5.32 Å². The summed E-state index contributed by atoms with van der Waals surface area (Å²) in [6.45, 7) is 6.90. The first-order valence-electron chi connectivity index (χ1n) is 7.75. The molecule has 0 heterocycles. The van der Waals surface area contributed by atoms with Gasteiger partial charge in [-0.2, -0.15) is 0 Å². The molecule has 1 aromatic carbocycles. The highest BCUT2D eigenvalue weighted by atomic mass is 35.5. The lowest BCUT2D eigenvalue weighted by Gasteiger charge is -2.33. The van der Waals surface area contributed by atoms with Gasteiger partial charge in [-0.1, -0.05) is 31.5 Å². The summed E-state index contributed by atoms with van der Waals surface area (Å²) >= 11 is 5.96. The van der Waals surface area contributed by atoms with Crippen molar-refractivity contribution in [1.29, 1.82) is 0 Å². The molecule has 0 aromatic heterocycles. The average molecular weight is 309 g/mol. The molecule has 3 unspecified atom stereocenters. The predicted octanol–water partition coefficient (Wildman–Crippen LogP) is 4.00. The zero-order valence-corrected chi connectivity index (χ0v) is 13.8.